The molecule has 1 amide bonds. The van der Waals surface area contributed by atoms with Crippen LogP contribution in [0.1, 0.15) is 22.6 Å². The van der Waals surface area contributed by atoms with Gasteiger partial charge in [-0.15, -0.1) is 0 Å². The maximum atomic E-state index is 12.0. The molecule has 2 aromatic rings. The van der Waals surface area contributed by atoms with Gasteiger partial charge in [0.15, 0.2) is 0 Å². The number of hydrogen-bond donors (Lipinski definition) is 1. The summed E-state index contributed by atoms with van der Waals surface area (Å²) in [6.07, 6.45) is 0.243. The molecule has 19 heavy (non-hydrogen) atoms. The molecular formula is C14H15ClN2O2. The highest BCUT2D eigenvalue weighted by molar-refractivity contribution is 6.31. The molecule has 1 aromatic carbocycles. The zero-order valence-corrected chi connectivity index (χ0v) is 11.8. The minimum absolute atomic E-state index is 0.111. The zero-order chi connectivity index (χ0) is 14.0. The Hall–Kier alpha value is -1.81. The van der Waals surface area contributed by atoms with E-state index >= 15 is 0 Å². The highest BCUT2D eigenvalue weighted by Gasteiger charge is 2.14. The summed E-state index contributed by atoms with van der Waals surface area (Å²) >= 11 is 5.92. The molecule has 4 nitrogen and oxygen atoms in total. The van der Waals surface area contributed by atoms with Crippen LogP contribution in [0.4, 0.5) is 5.69 Å². The minimum atomic E-state index is -0.111. The number of aryl methyl sites for hydroxylation is 3. The second kappa shape index (κ2) is 5.45. The van der Waals surface area contributed by atoms with Crippen molar-refractivity contribution in [1.29, 1.82) is 0 Å². The maximum Gasteiger partial charge on any atom is 0.229 e. The van der Waals surface area contributed by atoms with E-state index in [2.05, 4.69) is 10.5 Å². The Morgan fingerprint density at radius 3 is 2.74 bits per heavy atom. The van der Waals surface area contributed by atoms with Crippen LogP contribution in [0.25, 0.3) is 0 Å². The summed E-state index contributed by atoms with van der Waals surface area (Å²) in [5.41, 5.74) is 3.27. The van der Waals surface area contributed by atoms with Gasteiger partial charge in [0.1, 0.15) is 5.76 Å². The molecule has 0 saturated heterocycles. The first-order valence-corrected chi connectivity index (χ1v) is 6.33. The molecular weight excluding hydrogens is 264 g/mol. The van der Waals surface area contributed by atoms with E-state index in [4.69, 9.17) is 16.1 Å². The summed E-state index contributed by atoms with van der Waals surface area (Å²) in [6.45, 7) is 5.54. The predicted molar refractivity (Wildman–Crippen MR) is 74.5 cm³/mol. The fraction of sp³-hybridized carbons (Fsp3) is 0.286. The standard InChI is InChI=1S/C14H15ClN2O2/c1-8-4-5-11(15)6-13(8)16-14(18)7-12-9(2)17-19-10(12)3/h4-6H,7H2,1-3H3,(H,16,18). The molecule has 100 valence electrons. The van der Waals surface area contributed by atoms with Crippen LogP contribution in [0, 0.1) is 20.8 Å². The maximum absolute atomic E-state index is 12.0. The van der Waals surface area contributed by atoms with Crippen LogP contribution >= 0.6 is 11.6 Å². The Balaban J connectivity index is 2.12. The van der Waals surface area contributed by atoms with Gasteiger partial charge in [0, 0.05) is 16.3 Å². The Bertz CT molecular complexity index is 600. The lowest BCUT2D eigenvalue weighted by molar-refractivity contribution is -0.115. The lowest BCUT2D eigenvalue weighted by Gasteiger charge is -2.08. The molecule has 0 atom stereocenters. The lowest BCUT2D eigenvalue weighted by Crippen LogP contribution is -2.15. The molecule has 0 aliphatic carbocycles. The SMILES string of the molecule is Cc1ccc(Cl)cc1NC(=O)Cc1c(C)noc1C. The second-order valence-corrected chi connectivity index (χ2v) is 4.92. The van der Waals surface area contributed by atoms with E-state index in [0.717, 1.165) is 22.5 Å². The van der Waals surface area contributed by atoms with Gasteiger partial charge >= 0.3 is 0 Å². The first-order valence-electron chi connectivity index (χ1n) is 5.95. The third-order valence-electron chi connectivity index (χ3n) is 2.99. The van der Waals surface area contributed by atoms with Gasteiger partial charge in [-0.3, -0.25) is 4.79 Å². The highest BCUT2D eigenvalue weighted by atomic mass is 35.5. The third-order valence-corrected chi connectivity index (χ3v) is 3.23. The topological polar surface area (TPSA) is 55.1 Å². The van der Waals surface area contributed by atoms with Crippen molar-refractivity contribution >= 4 is 23.2 Å². The molecule has 0 saturated carbocycles. The van der Waals surface area contributed by atoms with E-state index in [1.165, 1.54) is 0 Å². The van der Waals surface area contributed by atoms with Gasteiger partial charge in [-0.05, 0) is 38.5 Å². The molecule has 1 aromatic heterocycles. The van der Waals surface area contributed by atoms with Crippen LogP contribution in [-0.4, -0.2) is 11.1 Å². The third kappa shape index (κ3) is 3.15. The second-order valence-electron chi connectivity index (χ2n) is 4.49. The van der Waals surface area contributed by atoms with Crippen LogP contribution in [0.2, 0.25) is 5.02 Å². The number of hydrogen-bond acceptors (Lipinski definition) is 3. The number of carbonyl (C=O) groups is 1. The number of carbonyl (C=O) groups excluding carboxylic acids is 1. The number of amides is 1. The van der Waals surface area contributed by atoms with E-state index in [9.17, 15) is 4.79 Å². The van der Waals surface area contributed by atoms with E-state index in [0.29, 0.717) is 10.8 Å². The van der Waals surface area contributed by atoms with E-state index in [-0.39, 0.29) is 12.3 Å². The van der Waals surface area contributed by atoms with E-state index < -0.39 is 0 Å². The first kappa shape index (κ1) is 13.6. The van der Waals surface area contributed by atoms with Gasteiger partial charge in [-0.2, -0.15) is 0 Å². The van der Waals surface area contributed by atoms with Crippen LogP contribution in [-0.2, 0) is 11.2 Å². The van der Waals surface area contributed by atoms with Gasteiger partial charge in [-0.25, -0.2) is 0 Å². The summed E-state index contributed by atoms with van der Waals surface area (Å²) in [5, 5.41) is 7.28. The number of rotatable bonds is 3. The van der Waals surface area contributed by atoms with E-state index in [1.807, 2.05) is 19.9 Å². The fourth-order valence-corrected chi connectivity index (χ4v) is 2.01. The van der Waals surface area contributed by atoms with Crippen LogP contribution < -0.4 is 5.32 Å². The van der Waals surface area contributed by atoms with Gasteiger partial charge in [0.25, 0.3) is 0 Å². The largest absolute Gasteiger partial charge is 0.361 e. The Morgan fingerprint density at radius 1 is 1.37 bits per heavy atom. The molecule has 0 spiro atoms. The molecule has 2 rings (SSSR count). The number of benzene rings is 1. The molecule has 0 aliphatic heterocycles. The first-order chi connectivity index (χ1) is 8.97. The molecule has 0 unspecified atom stereocenters. The van der Waals surface area contributed by atoms with Gasteiger partial charge in [-0.1, -0.05) is 22.8 Å². The predicted octanol–water partition coefficient (Wildman–Crippen LogP) is 3.43. The number of anilines is 1. The van der Waals surface area contributed by atoms with Gasteiger partial charge in [0.05, 0.1) is 12.1 Å². The number of nitrogens with one attached hydrogen (secondary N) is 1. The smallest absolute Gasteiger partial charge is 0.229 e. The van der Waals surface area contributed by atoms with Crippen LogP contribution in [0.15, 0.2) is 22.7 Å². The van der Waals surface area contributed by atoms with Crippen LogP contribution in [0.3, 0.4) is 0 Å². The van der Waals surface area contributed by atoms with Crippen molar-refractivity contribution in [2.45, 2.75) is 27.2 Å². The fourth-order valence-electron chi connectivity index (χ4n) is 1.84. The van der Waals surface area contributed by atoms with Crippen LogP contribution in [0.5, 0.6) is 0 Å². The Morgan fingerprint density at radius 2 is 2.11 bits per heavy atom. The normalized spacial score (nSPS) is 10.5. The van der Waals surface area contributed by atoms with E-state index in [1.54, 1.807) is 19.1 Å². The molecule has 0 bridgehead atoms. The Kier molecular flexibility index (Phi) is 3.90. The molecule has 1 N–H and O–H groups in total. The quantitative estimate of drug-likeness (QED) is 0.936. The molecule has 1 heterocycles. The summed E-state index contributed by atoms with van der Waals surface area (Å²) in [4.78, 5) is 12.0. The average Bonchev–Trinajstić information content (AvgIpc) is 2.65. The monoisotopic (exact) mass is 278 g/mol. The lowest BCUT2D eigenvalue weighted by atomic mass is 10.1. The summed E-state index contributed by atoms with van der Waals surface area (Å²) in [5.74, 6) is 0.565. The Labute approximate surface area is 116 Å². The molecule has 0 aliphatic rings. The van der Waals surface area contributed by atoms with Crippen molar-refractivity contribution in [2.24, 2.45) is 0 Å². The van der Waals surface area contributed by atoms with Crippen molar-refractivity contribution in [3.05, 3.63) is 45.8 Å². The minimum Gasteiger partial charge on any atom is -0.361 e. The van der Waals surface area contributed by atoms with Crippen molar-refractivity contribution in [3.8, 4) is 0 Å². The number of halogens is 1. The van der Waals surface area contributed by atoms with Crippen molar-refractivity contribution in [2.75, 3.05) is 5.32 Å². The average molecular weight is 279 g/mol. The summed E-state index contributed by atoms with van der Waals surface area (Å²) in [6, 6.07) is 5.40. The number of nitrogens with zero attached hydrogens (tertiary/aromatic N) is 1. The zero-order valence-electron chi connectivity index (χ0n) is 11.1. The van der Waals surface area contributed by atoms with Gasteiger partial charge < -0.3 is 9.84 Å². The number of aromatic nitrogens is 1. The van der Waals surface area contributed by atoms with Crippen molar-refractivity contribution in [1.82, 2.24) is 5.16 Å². The molecule has 0 radical (unpaired) electrons. The molecule has 0 fully saturated rings. The summed E-state index contributed by atoms with van der Waals surface area (Å²) < 4.78 is 5.04. The van der Waals surface area contributed by atoms with Crippen molar-refractivity contribution < 1.29 is 9.32 Å². The highest BCUT2D eigenvalue weighted by Crippen LogP contribution is 2.21. The van der Waals surface area contributed by atoms with Gasteiger partial charge in [0.2, 0.25) is 5.91 Å². The van der Waals surface area contributed by atoms with Crippen molar-refractivity contribution in [3.63, 3.8) is 0 Å². The molecule has 5 heteroatoms. The summed E-state index contributed by atoms with van der Waals surface area (Å²) in [7, 11) is 0.